The van der Waals surface area contributed by atoms with Crippen molar-refractivity contribution in [2.45, 2.75) is 0 Å². The molecule has 0 saturated carbocycles. The van der Waals surface area contributed by atoms with Crippen molar-refractivity contribution in [2.24, 2.45) is 0 Å². The maximum Gasteiger partial charge on any atom is 0.355 e. The molecule has 0 spiro atoms. The van der Waals surface area contributed by atoms with Gasteiger partial charge in [0.1, 0.15) is 18.2 Å². The number of benzene rings is 1. The molecule has 0 saturated heterocycles. The number of nitro benzene ring substituents is 1. The number of methoxy groups -OCH3 is 2. The highest BCUT2D eigenvalue weighted by Gasteiger charge is 2.33. The molecular weight excluding hydrogens is 324 g/mol. The molecule has 0 bridgehead atoms. The van der Waals surface area contributed by atoms with Crippen LogP contribution < -0.4 is 4.90 Å². The van der Waals surface area contributed by atoms with E-state index in [1.165, 1.54) is 11.0 Å². The van der Waals surface area contributed by atoms with Crippen molar-refractivity contribution in [3.63, 3.8) is 0 Å². The van der Waals surface area contributed by atoms with E-state index in [2.05, 4.69) is 9.47 Å². The quantitative estimate of drug-likeness (QED) is 0.479. The number of carbonyl (C=O) groups is 2. The largest absolute Gasteiger partial charge is 0.508 e. The number of aromatic hydroxyl groups is 1. The number of rotatable bonds is 4. The fourth-order valence-electron chi connectivity index (χ4n) is 2.19. The topological polar surface area (TPSA) is 128 Å². The number of nitro groups is 1. The average Bonchev–Trinajstić information content (AvgIpc) is 2.59. The van der Waals surface area contributed by atoms with Gasteiger partial charge < -0.3 is 24.2 Å². The summed E-state index contributed by atoms with van der Waals surface area (Å²) in [6.45, 7) is -0.361. The van der Waals surface area contributed by atoms with E-state index < -0.39 is 16.9 Å². The lowest BCUT2D eigenvalue weighted by atomic mass is 10.1. The number of hydrogen-bond donors (Lipinski definition) is 1. The second-order valence-electron chi connectivity index (χ2n) is 4.68. The summed E-state index contributed by atoms with van der Waals surface area (Å²) in [6, 6.07) is 3.28. The number of esters is 2. The SMILES string of the molecule is COC(=O)C1=C(C(=O)OC)N(c2cc(O)cc([N+](=O)[O-])c2)COC1. The van der Waals surface area contributed by atoms with Crippen LogP contribution in [0.4, 0.5) is 11.4 Å². The Morgan fingerprint density at radius 3 is 2.50 bits per heavy atom. The van der Waals surface area contributed by atoms with E-state index in [0.29, 0.717) is 0 Å². The molecule has 1 aromatic rings. The molecule has 0 amide bonds. The summed E-state index contributed by atoms with van der Waals surface area (Å²) in [7, 11) is 2.27. The number of hydrogen-bond acceptors (Lipinski definition) is 9. The van der Waals surface area contributed by atoms with Crippen LogP contribution in [0.25, 0.3) is 0 Å². The first kappa shape index (κ1) is 17.2. The monoisotopic (exact) mass is 338 g/mol. The van der Waals surface area contributed by atoms with Gasteiger partial charge in [-0.2, -0.15) is 0 Å². The summed E-state index contributed by atoms with van der Waals surface area (Å²) in [4.78, 5) is 35.4. The van der Waals surface area contributed by atoms with E-state index in [-0.39, 0.29) is 41.7 Å². The Hall–Kier alpha value is -3.14. The van der Waals surface area contributed by atoms with Gasteiger partial charge in [-0.3, -0.25) is 10.1 Å². The molecule has 1 aliphatic heterocycles. The number of non-ortho nitro benzene ring substituents is 1. The third-order valence-electron chi connectivity index (χ3n) is 3.24. The average molecular weight is 338 g/mol. The van der Waals surface area contributed by atoms with E-state index in [1.807, 2.05) is 0 Å². The standard InChI is InChI=1S/C14H14N2O8/c1-22-13(18)11-6-24-7-15(12(11)14(19)23-2)8-3-9(16(20)21)5-10(17)4-8/h3-5,17H,6-7H2,1-2H3. The Kier molecular flexibility index (Phi) is 4.99. The van der Waals surface area contributed by atoms with Crippen LogP contribution in [0.15, 0.2) is 29.5 Å². The third kappa shape index (κ3) is 3.27. The molecule has 0 atom stereocenters. The Morgan fingerprint density at radius 1 is 1.25 bits per heavy atom. The molecule has 1 N–H and O–H groups in total. The van der Waals surface area contributed by atoms with Crippen LogP contribution in [0.5, 0.6) is 5.75 Å². The highest BCUT2D eigenvalue weighted by atomic mass is 16.6. The highest BCUT2D eigenvalue weighted by molar-refractivity contribution is 6.03. The molecular formula is C14H14N2O8. The molecule has 0 fully saturated rings. The summed E-state index contributed by atoms with van der Waals surface area (Å²) >= 11 is 0. The third-order valence-corrected chi connectivity index (χ3v) is 3.24. The van der Waals surface area contributed by atoms with Crippen LogP contribution in [-0.4, -0.2) is 49.5 Å². The molecule has 1 aliphatic rings. The van der Waals surface area contributed by atoms with Gasteiger partial charge in [0.05, 0.1) is 43.1 Å². The molecule has 128 valence electrons. The lowest BCUT2D eigenvalue weighted by molar-refractivity contribution is -0.384. The summed E-state index contributed by atoms with van der Waals surface area (Å²) < 4.78 is 14.5. The first-order valence-electron chi connectivity index (χ1n) is 6.62. The molecule has 0 radical (unpaired) electrons. The zero-order valence-corrected chi connectivity index (χ0v) is 12.8. The van der Waals surface area contributed by atoms with Gasteiger partial charge in [0, 0.05) is 12.1 Å². The van der Waals surface area contributed by atoms with Gasteiger partial charge in [-0.1, -0.05) is 0 Å². The van der Waals surface area contributed by atoms with Gasteiger partial charge in [0.25, 0.3) is 5.69 Å². The fourth-order valence-corrected chi connectivity index (χ4v) is 2.19. The molecule has 10 nitrogen and oxygen atoms in total. The summed E-state index contributed by atoms with van der Waals surface area (Å²) in [5.74, 6) is -2.02. The van der Waals surface area contributed by atoms with Gasteiger partial charge in [-0.05, 0) is 0 Å². The maximum absolute atomic E-state index is 12.1. The smallest absolute Gasteiger partial charge is 0.355 e. The van der Waals surface area contributed by atoms with Crippen molar-refractivity contribution in [3.8, 4) is 5.75 Å². The number of phenols is 1. The van der Waals surface area contributed by atoms with Crippen molar-refractivity contribution in [2.75, 3.05) is 32.5 Å². The molecule has 0 unspecified atom stereocenters. The highest BCUT2D eigenvalue weighted by Crippen LogP contribution is 2.32. The summed E-state index contributed by atoms with van der Waals surface area (Å²) in [5, 5.41) is 20.6. The Morgan fingerprint density at radius 2 is 1.92 bits per heavy atom. The van der Waals surface area contributed by atoms with Gasteiger partial charge in [-0.15, -0.1) is 0 Å². The predicted molar refractivity (Wildman–Crippen MR) is 79.1 cm³/mol. The van der Waals surface area contributed by atoms with E-state index in [9.17, 15) is 24.8 Å². The summed E-state index contributed by atoms with van der Waals surface area (Å²) in [5.41, 5.74) is -0.570. The molecule has 24 heavy (non-hydrogen) atoms. The molecule has 0 aromatic heterocycles. The number of ether oxygens (including phenoxy) is 3. The minimum Gasteiger partial charge on any atom is -0.508 e. The molecule has 1 aromatic carbocycles. The Labute approximate surface area is 136 Å². The molecule has 1 heterocycles. The number of anilines is 1. The van der Waals surface area contributed by atoms with E-state index in [0.717, 1.165) is 26.4 Å². The normalized spacial score (nSPS) is 14.3. The van der Waals surface area contributed by atoms with Crippen LogP contribution >= 0.6 is 0 Å². The van der Waals surface area contributed by atoms with Crippen molar-refractivity contribution >= 4 is 23.3 Å². The minimum atomic E-state index is -0.843. The number of nitrogens with zero attached hydrogens (tertiary/aromatic N) is 2. The summed E-state index contributed by atoms with van der Waals surface area (Å²) in [6.07, 6.45) is 0. The first-order valence-corrected chi connectivity index (χ1v) is 6.62. The van der Waals surface area contributed by atoms with Gasteiger partial charge in [0.15, 0.2) is 0 Å². The van der Waals surface area contributed by atoms with Crippen LogP contribution in [0, 0.1) is 10.1 Å². The first-order chi connectivity index (χ1) is 11.4. The zero-order valence-electron chi connectivity index (χ0n) is 12.8. The second kappa shape index (κ2) is 6.96. The lowest BCUT2D eigenvalue weighted by Gasteiger charge is -2.31. The van der Waals surface area contributed by atoms with E-state index in [4.69, 9.17) is 4.74 Å². The predicted octanol–water partition coefficient (Wildman–Crippen LogP) is 0.695. The second-order valence-corrected chi connectivity index (χ2v) is 4.68. The van der Waals surface area contributed by atoms with Gasteiger partial charge in [-0.25, -0.2) is 9.59 Å². The molecule has 10 heteroatoms. The van der Waals surface area contributed by atoms with Crippen LogP contribution in [0.2, 0.25) is 0 Å². The van der Waals surface area contributed by atoms with Crippen molar-refractivity contribution in [1.29, 1.82) is 0 Å². The lowest BCUT2D eigenvalue weighted by Crippen LogP contribution is -2.38. The van der Waals surface area contributed by atoms with E-state index >= 15 is 0 Å². The Balaban J connectivity index is 2.61. The van der Waals surface area contributed by atoms with Gasteiger partial charge in [0.2, 0.25) is 0 Å². The van der Waals surface area contributed by atoms with Crippen LogP contribution in [0.3, 0.4) is 0 Å². The van der Waals surface area contributed by atoms with E-state index in [1.54, 1.807) is 0 Å². The number of phenolic OH excluding ortho intramolecular Hbond substituents is 1. The zero-order chi connectivity index (χ0) is 17.9. The van der Waals surface area contributed by atoms with Crippen LogP contribution in [0.1, 0.15) is 0 Å². The van der Waals surface area contributed by atoms with Gasteiger partial charge >= 0.3 is 11.9 Å². The molecule has 2 rings (SSSR count). The minimum absolute atomic E-state index is 0.0863. The maximum atomic E-state index is 12.1. The fraction of sp³-hybridized carbons (Fsp3) is 0.286. The Bertz CT molecular complexity index is 727. The van der Waals surface area contributed by atoms with Crippen LogP contribution in [-0.2, 0) is 23.8 Å². The molecule has 0 aliphatic carbocycles. The number of carbonyl (C=O) groups excluding carboxylic acids is 2. The van der Waals surface area contributed by atoms with Crippen molar-refractivity contribution < 1.29 is 33.8 Å². The van der Waals surface area contributed by atoms with Crippen molar-refractivity contribution in [3.05, 3.63) is 39.6 Å². The van der Waals surface area contributed by atoms with Crippen molar-refractivity contribution in [1.82, 2.24) is 0 Å².